The molecule has 4 rings (SSSR count). The molecule has 1 fully saturated rings. The van der Waals surface area contributed by atoms with Gasteiger partial charge in [0.2, 0.25) is 5.91 Å². The fraction of sp³-hybridized carbons (Fsp3) is 0.240. The molecular formula is C25H25N3O2. The van der Waals surface area contributed by atoms with Gasteiger partial charge in [-0.1, -0.05) is 61.4 Å². The highest BCUT2D eigenvalue weighted by Crippen LogP contribution is 2.26. The minimum atomic E-state index is -0.244. The first-order chi connectivity index (χ1) is 14.6. The van der Waals surface area contributed by atoms with Crippen LogP contribution in [0.25, 0.3) is 10.8 Å². The van der Waals surface area contributed by atoms with Gasteiger partial charge in [-0.3, -0.25) is 9.59 Å². The van der Waals surface area contributed by atoms with E-state index >= 15 is 0 Å². The van der Waals surface area contributed by atoms with E-state index in [1.165, 1.54) is 0 Å². The summed E-state index contributed by atoms with van der Waals surface area (Å²) in [7, 11) is 0. The molecule has 3 aromatic carbocycles. The Bertz CT molecular complexity index is 1090. The van der Waals surface area contributed by atoms with Gasteiger partial charge in [-0.25, -0.2) is 5.43 Å². The largest absolute Gasteiger partial charge is 0.326 e. The lowest BCUT2D eigenvalue weighted by molar-refractivity contribution is -0.119. The summed E-state index contributed by atoms with van der Waals surface area (Å²) in [5.74, 6) is -0.00292. The first kappa shape index (κ1) is 19.8. The van der Waals surface area contributed by atoms with E-state index in [9.17, 15) is 9.59 Å². The molecule has 0 saturated heterocycles. The van der Waals surface area contributed by atoms with Gasteiger partial charge >= 0.3 is 0 Å². The van der Waals surface area contributed by atoms with Crippen LogP contribution < -0.4 is 10.7 Å². The zero-order chi connectivity index (χ0) is 20.9. The number of hydrogen-bond donors (Lipinski definition) is 2. The Balaban J connectivity index is 1.41. The summed E-state index contributed by atoms with van der Waals surface area (Å²) in [5.41, 5.74) is 5.60. The van der Waals surface area contributed by atoms with Crippen LogP contribution in [0.15, 0.2) is 71.8 Å². The third-order valence-corrected chi connectivity index (χ3v) is 5.66. The van der Waals surface area contributed by atoms with E-state index in [4.69, 9.17) is 0 Å². The van der Waals surface area contributed by atoms with Crippen molar-refractivity contribution in [3.8, 4) is 0 Å². The molecule has 5 nitrogen and oxygen atoms in total. The molecule has 3 aromatic rings. The number of fused-ring (bicyclic) bond motifs is 1. The Hall–Kier alpha value is -3.47. The molecule has 1 saturated carbocycles. The van der Waals surface area contributed by atoms with Gasteiger partial charge in [-0.05, 0) is 54.3 Å². The maximum absolute atomic E-state index is 12.6. The average molecular weight is 399 g/mol. The maximum atomic E-state index is 12.6. The van der Waals surface area contributed by atoms with E-state index < -0.39 is 0 Å². The Labute approximate surface area is 176 Å². The lowest BCUT2D eigenvalue weighted by Gasteiger charge is -2.11. The zero-order valence-corrected chi connectivity index (χ0v) is 17.0. The van der Waals surface area contributed by atoms with Gasteiger partial charge in [0.1, 0.15) is 0 Å². The molecule has 1 aliphatic carbocycles. The molecule has 0 heterocycles. The van der Waals surface area contributed by atoms with Crippen LogP contribution in [0.2, 0.25) is 0 Å². The zero-order valence-electron chi connectivity index (χ0n) is 17.0. The summed E-state index contributed by atoms with van der Waals surface area (Å²) in [6.07, 6.45) is 4.23. The molecule has 0 aromatic heterocycles. The quantitative estimate of drug-likeness (QED) is 0.462. The monoisotopic (exact) mass is 399 g/mol. The highest BCUT2D eigenvalue weighted by molar-refractivity contribution is 6.08. The molecule has 152 valence electrons. The number of carbonyl (C=O) groups excluding carboxylic acids is 2. The van der Waals surface area contributed by atoms with Crippen molar-refractivity contribution in [3.05, 3.63) is 77.9 Å². The van der Waals surface area contributed by atoms with Gasteiger partial charge in [0, 0.05) is 17.2 Å². The molecular weight excluding hydrogens is 374 g/mol. The van der Waals surface area contributed by atoms with E-state index in [2.05, 4.69) is 15.8 Å². The average Bonchev–Trinajstić information content (AvgIpc) is 3.32. The fourth-order valence-corrected chi connectivity index (χ4v) is 3.91. The third-order valence-electron chi connectivity index (χ3n) is 5.66. The minimum Gasteiger partial charge on any atom is -0.326 e. The summed E-state index contributed by atoms with van der Waals surface area (Å²) in [4.78, 5) is 24.9. The maximum Gasteiger partial charge on any atom is 0.272 e. The second-order valence-electron chi connectivity index (χ2n) is 7.71. The van der Waals surface area contributed by atoms with Crippen LogP contribution in [0.5, 0.6) is 0 Å². The number of nitrogens with zero attached hydrogens (tertiary/aromatic N) is 1. The second kappa shape index (κ2) is 8.91. The molecule has 0 aliphatic heterocycles. The van der Waals surface area contributed by atoms with E-state index in [0.29, 0.717) is 11.3 Å². The smallest absolute Gasteiger partial charge is 0.272 e. The lowest BCUT2D eigenvalue weighted by Crippen LogP contribution is -2.20. The van der Waals surface area contributed by atoms with Crippen molar-refractivity contribution in [2.75, 3.05) is 5.32 Å². The Kier molecular flexibility index (Phi) is 5.89. The number of carbonyl (C=O) groups is 2. The number of nitrogens with one attached hydrogen (secondary N) is 2. The molecule has 0 spiro atoms. The molecule has 0 radical (unpaired) electrons. The van der Waals surface area contributed by atoms with Crippen molar-refractivity contribution in [2.45, 2.75) is 32.6 Å². The number of hydrogen-bond acceptors (Lipinski definition) is 3. The predicted molar refractivity (Wildman–Crippen MR) is 121 cm³/mol. The van der Waals surface area contributed by atoms with Crippen LogP contribution in [0, 0.1) is 5.92 Å². The number of rotatable bonds is 5. The van der Waals surface area contributed by atoms with Crippen molar-refractivity contribution >= 4 is 34.0 Å². The molecule has 0 bridgehead atoms. The van der Waals surface area contributed by atoms with Crippen molar-refractivity contribution in [1.29, 1.82) is 0 Å². The van der Waals surface area contributed by atoms with Crippen LogP contribution in [0.1, 0.15) is 48.5 Å². The molecule has 1 aliphatic rings. The first-order valence-electron chi connectivity index (χ1n) is 10.4. The van der Waals surface area contributed by atoms with Crippen molar-refractivity contribution in [2.24, 2.45) is 11.0 Å². The molecule has 30 heavy (non-hydrogen) atoms. The fourth-order valence-electron chi connectivity index (χ4n) is 3.91. The highest BCUT2D eigenvalue weighted by atomic mass is 16.2. The second-order valence-corrected chi connectivity index (χ2v) is 7.71. The highest BCUT2D eigenvalue weighted by Gasteiger charge is 2.22. The molecule has 0 unspecified atom stereocenters. The van der Waals surface area contributed by atoms with Crippen LogP contribution >= 0.6 is 0 Å². The first-order valence-corrected chi connectivity index (χ1v) is 10.4. The van der Waals surface area contributed by atoms with Crippen LogP contribution in [0.4, 0.5) is 5.69 Å². The summed E-state index contributed by atoms with van der Waals surface area (Å²) in [6, 6.07) is 21.0. The van der Waals surface area contributed by atoms with Gasteiger partial charge in [-0.15, -0.1) is 0 Å². The minimum absolute atomic E-state index is 0.105. The number of hydrazone groups is 1. The van der Waals surface area contributed by atoms with Gasteiger partial charge in [-0.2, -0.15) is 5.10 Å². The predicted octanol–water partition coefficient (Wildman–Crippen LogP) is 5.12. The lowest BCUT2D eigenvalue weighted by atomic mass is 10.0. The summed E-state index contributed by atoms with van der Waals surface area (Å²) < 4.78 is 0. The van der Waals surface area contributed by atoms with Gasteiger partial charge in [0.15, 0.2) is 0 Å². The van der Waals surface area contributed by atoms with Gasteiger partial charge in [0.05, 0.1) is 5.71 Å². The van der Waals surface area contributed by atoms with Crippen LogP contribution in [0.3, 0.4) is 0 Å². The molecule has 2 amide bonds. The van der Waals surface area contributed by atoms with Crippen LogP contribution in [-0.4, -0.2) is 17.5 Å². The number of amides is 2. The van der Waals surface area contributed by atoms with Gasteiger partial charge < -0.3 is 5.32 Å². The third kappa shape index (κ3) is 4.40. The molecule has 2 N–H and O–H groups in total. The van der Waals surface area contributed by atoms with E-state index in [1.54, 1.807) is 6.07 Å². The van der Waals surface area contributed by atoms with E-state index in [1.807, 2.05) is 67.6 Å². The summed E-state index contributed by atoms with van der Waals surface area (Å²) >= 11 is 0. The molecule has 5 heteroatoms. The van der Waals surface area contributed by atoms with Crippen molar-refractivity contribution in [3.63, 3.8) is 0 Å². The summed E-state index contributed by atoms with van der Waals surface area (Å²) in [5, 5.41) is 9.16. The Morgan fingerprint density at radius 3 is 2.37 bits per heavy atom. The Morgan fingerprint density at radius 1 is 0.900 bits per heavy atom. The van der Waals surface area contributed by atoms with E-state index in [-0.39, 0.29) is 17.7 Å². The van der Waals surface area contributed by atoms with E-state index in [0.717, 1.165) is 47.7 Å². The van der Waals surface area contributed by atoms with Crippen molar-refractivity contribution < 1.29 is 9.59 Å². The van der Waals surface area contributed by atoms with Crippen LogP contribution in [-0.2, 0) is 4.79 Å². The topological polar surface area (TPSA) is 70.6 Å². The normalized spacial score (nSPS) is 14.6. The number of anilines is 1. The standard InChI is InChI=1S/C25H25N3O2/c1-17(18-13-15-21(16-14-18)26-24(29)20-8-2-3-9-20)27-28-25(30)23-12-6-10-19-7-4-5-11-22(19)23/h4-7,10-16,20H,2-3,8-9H2,1H3,(H,26,29)(H,28,30). The SMILES string of the molecule is CC(=NNC(=O)c1cccc2ccccc12)c1ccc(NC(=O)C2CCCC2)cc1. The molecule has 0 atom stereocenters. The number of benzene rings is 3. The summed E-state index contributed by atoms with van der Waals surface area (Å²) in [6.45, 7) is 1.84. The van der Waals surface area contributed by atoms with Crippen molar-refractivity contribution in [1.82, 2.24) is 5.43 Å². The Morgan fingerprint density at radius 2 is 1.60 bits per heavy atom. The van der Waals surface area contributed by atoms with Gasteiger partial charge in [0.25, 0.3) is 5.91 Å².